The maximum atomic E-state index is 12.2. The Morgan fingerprint density at radius 3 is 2.72 bits per heavy atom. The van der Waals surface area contributed by atoms with Crippen LogP contribution in [-0.4, -0.2) is 18.1 Å². The number of amides is 2. The zero-order valence-corrected chi connectivity index (χ0v) is 15.1. The van der Waals surface area contributed by atoms with Crippen molar-refractivity contribution in [3.8, 4) is 17.0 Å². The molecule has 0 atom stereocenters. The van der Waals surface area contributed by atoms with Gasteiger partial charge in [0.1, 0.15) is 5.75 Å². The van der Waals surface area contributed by atoms with E-state index in [4.69, 9.17) is 4.74 Å². The van der Waals surface area contributed by atoms with Gasteiger partial charge in [0.25, 0.3) is 0 Å². The van der Waals surface area contributed by atoms with E-state index in [2.05, 4.69) is 47.7 Å². The summed E-state index contributed by atoms with van der Waals surface area (Å²) < 4.78 is 5.23. The lowest BCUT2D eigenvalue weighted by Crippen LogP contribution is -2.19. The highest BCUT2D eigenvalue weighted by Crippen LogP contribution is 2.28. The van der Waals surface area contributed by atoms with Gasteiger partial charge in [-0.2, -0.15) is 0 Å². The Kier molecular flexibility index (Phi) is 5.00. The lowest BCUT2D eigenvalue weighted by atomic mass is 10.0. The third-order valence-electron chi connectivity index (χ3n) is 3.75. The molecule has 0 spiro atoms. The van der Waals surface area contributed by atoms with Crippen molar-refractivity contribution in [1.29, 1.82) is 0 Å². The van der Waals surface area contributed by atoms with Gasteiger partial charge in [0.05, 0.1) is 18.5 Å². The molecule has 1 heterocycles. The van der Waals surface area contributed by atoms with Gasteiger partial charge in [-0.25, -0.2) is 9.78 Å². The molecule has 128 valence electrons. The number of aryl methyl sites for hydroxylation is 2. The third kappa shape index (κ3) is 3.97. The van der Waals surface area contributed by atoms with Crippen LogP contribution in [0.1, 0.15) is 11.1 Å². The van der Waals surface area contributed by atoms with E-state index in [1.54, 1.807) is 19.2 Å². The lowest BCUT2D eigenvalue weighted by molar-refractivity contribution is 0.262. The van der Waals surface area contributed by atoms with Gasteiger partial charge in [0.2, 0.25) is 0 Å². The number of aromatic nitrogens is 1. The highest BCUT2D eigenvalue weighted by molar-refractivity contribution is 7.14. The van der Waals surface area contributed by atoms with Crippen molar-refractivity contribution in [2.45, 2.75) is 13.8 Å². The Morgan fingerprint density at radius 2 is 1.92 bits per heavy atom. The fraction of sp³-hybridized carbons (Fsp3) is 0.158. The van der Waals surface area contributed by atoms with Gasteiger partial charge in [-0.15, -0.1) is 11.3 Å². The molecule has 0 saturated heterocycles. The molecule has 2 aromatic carbocycles. The van der Waals surface area contributed by atoms with E-state index in [1.807, 2.05) is 17.5 Å². The first-order chi connectivity index (χ1) is 12.1. The van der Waals surface area contributed by atoms with Crippen LogP contribution in [0.5, 0.6) is 5.75 Å². The van der Waals surface area contributed by atoms with Crippen molar-refractivity contribution in [3.63, 3.8) is 0 Å². The number of thiazole rings is 1. The minimum atomic E-state index is -0.355. The number of nitrogens with one attached hydrogen (secondary N) is 2. The van der Waals surface area contributed by atoms with Crippen LogP contribution < -0.4 is 15.4 Å². The van der Waals surface area contributed by atoms with Crippen molar-refractivity contribution in [2.24, 2.45) is 0 Å². The molecule has 0 bridgehead atoms. The predicted octanol–water partition coefficient (Wildman–Crippen LogP) is 5.08. The summed E-state index contributed by atoms with van der Waals surface area (Å²) in [6.45, 7) is 4.10. The van der Waals surface area contributed by atoms with Crippen molar-refractivity contribution >= 4 is 28.2 Å². The van der Waals surface area contributed by atoms with Gasteiger partial charge in [-0.1, -0.05) is 29.8 Å². The average Bonchev–Trinajstić information content (AvgIpc) is 3.05. The Balaban J connectivity index is 1.73. The van der Waals surface area contributed by atoms with E-state index < -0.39 is 0 Å². The number of methoxy groups -OCH3 is 1. The van der Waals surface area contributed by atoms with Gasteiger partial charge in [-0.3, -0.25) is 5.32 Å². The Labute approximate surface area is 150 Å². The van der Waals surface area contributed by atoms with Gasteiger partial charge >= 0.3 is 6.03 Å². The van der Waals surface area contributed by atoms with E-state index in [1.165, 1.54) is 16.9 Å². The van der Waals surface area contributed by atoms with Gasteiger partial charge in [-0.05, 0) is 37.6 Å². The molecule has 0 saturated carbocycles. The molecule has 6 heteroatoms. The minimum Gasteiger partial charge on any atom is -0.495 e. The quantitative estimate of drug-likeness (QED) is 0.687. The molecular weight excluding hydrogens is 334 g/mol. The van der Waals surface area contributed by atoms with Crippen LogP contribution in [0.4, 0.5) is 15.6 Å². The molecule has 0 radical (unpaired) electrons. The molecule has 0 aliphatic rings. The van der Waals surface area contributed by atoms with Gasteiger partial charge in [0, 0.05) is 10.9 Å². The molecule has 3 rings (SSSR count). The first-order valence-electron chi connectivity index (χ1n) is 7.81. The van der Waals surface area contributed by atoms with E-state index in [9.17, 15) is 4.79 Å². The summed E-state index contributed by atoms with van der Waals surface area (Å²) in [6, 6.07) is 13.1. The zero-order valence-electron chi connectivity index (χ0n) is 14.3. The van der Waals surface area contributed by atoms with Crippen LogP contribution >= 0.6 is 11.3 Å². The second-order valence-corrected chi connectivity index (χ2v) is 6.49. The van der Waals surface area contributed by atoms with Crippen molar-refractivity contribution in [2.75, 3.05) is 17.7 Å². The van der Waals surface area contributed by atoms with Crippen LogP contribution in [0.25, 0.3) is 11.3 Å². The summed E-state index contributed by atoms with van der Waals surface area (Å²) in [5.74, 6) is 0.605. The van der Waals surface area contributed by atoms with Crippen LogP contribution in [-0.2, 0) is 0 Å². The number of carbonyl (C=O) groups excluding carboxylic acids is 1. The molecule has 2 amide bonds. The van der Waals surface area contributed by atoms with Crippen molar-refractivity contribution in [1.82, 2.24) is 4.98 Å². The fourth-order valence-corrected chi connectivity index (χ4v) is 3.17. The first kappa shape index (κ1) is 17.0. The third-order valence-corrected chi connectivity index (χ3v) is 4.51. The van der Waals surface area contributed by atoms with Crippen molar-refractivity contribution in [3.05, 3.63) is 59.0 Å². The number of carbonyl (C=O) groups is 1. The number of nitrogens with zero attached hydrogens (tertiary/aromatic N) is 1. The van der Waals surface area contributed by atoms with Crippen molar-refractivity contribution < 1.29 is 9.53 Å². The maximum absolute atomic E-state index is 12.2. The van der Waals surface area contributed by atoms with Crippen LogP contribution in [0.15, 0.2) is 47.8 Å². The first-order valence-corrected chi connectivity index (χ1v) is 8.69. The largest absolute Gasteiger partial charge is 0.495 e. The van der Waals surface area contributed by atoms with Crippen LogP contribution in [0, 0.1) is 13.8 Å². The number of anilines is 2. The molecule has 0 aliphatic carbocycles. The number of hydrogen-bond acceptors (Lipinski definition) is 4. The van der Waals surface area contributed by atoms with E-state index in [0.29, 0.717) is 16.6 Å². The molecule has 0 unspecified atom stereocenters. The monoisotopic (exact) mass is 353 g/mol. The molecule has 2 N–H and O–H groups in total. The Morgan fingerprint density at radius 1 is 1.12 bits per heavy atom. The molecular formula is C19H19N3O2S. The SMILES string of the molecule is COc1ccccc1NC(=O)Nc1nc(-c2cc(C)ccc2C)cs1. The number of para-hydroxylation sites is 2. The Hall–Kier alpha value is -2.86. The second-order valence-electron chi connectivity index (χ2n) is 5.64. The lowest BCUT2D eigenvalue weighted by Gasteiger charge is -2.09. The summed E-state index contributed by atoms with van der Waals surface area (Å²) in [7, 11) is 1.57. The highest BCUT2D eigenvalue weighted by Gasteiger charge is 2.11. The summed E-state index contributed by atoms with van der Waals surface area (Å²) in [6.07, 6.45) is 0. The molecule has 5 nitrogen and oxygen atoms in total. The fourth-order valence-electron chi connectivity index (χ4n) is 2.47. The highest BCUT2D eigenvalue weighted by atomic mass is 32.1. The average molecular weight is 353 g/mol. The molecule has 25 heavy (non-hydrogen) atoms. The number of urea groups is 1. The smallest absolute Gasteiger partial charge is 0.325 e. The number of ether oxygens (including phenoxy) is 1. The second kappa shape index (κ2) is 7.36. The van der Waals surface area contributed by atoms with Crippen LogP contribution in [0.2, 0.25) is 0 Å². The summed E-state index contributed by atoms with van der Waals surface area (Å²) >= 11 is 1.39. The molecule has 3 aromatic rings. The van der Waals surface area contributed by atoms with Gasteiger partial charge < -0.3 is 10.1 Å². The number of rotatable bonds is 4. The van der Waals surface area contributed by atoms with Gasteiger partial charge in [0.15, 0.2) is 5.13 Å². The molecule has 0 fully saturated rings. The zero-order chi connectivity index (χ0) is 17.8. The topological polar surface area (TPSA) is 63.2 Å². The minimum absolute atomic E-state index is 0.355. The molecule has 0 aliphatic heterocycles. The van der Waals surface area contributed by atoms with E-state index in [0.717, 1.165) is 16.8 Å². The van der Waals surface area contributed by atoms with E-state index in [-0.39, 0.29) is 6.03 Å². The summed E-state index contributed by atoms with van der Waals surface area (Å²) in [4.78, 5) is 16.7. The standard InChI is InChI=1S/C19H19N3O2S/c1-12-8-9-13(2)14(10-12)16-11-25-19(21-16)22-18(23)20-15-6-4-5-7-17(15)24-3/h4-11H,1-3H3,(H2,20,21,22,23). The normalized spacial score (nSPS) is 10.4. The maximum Gasteiger partial charge on any atom is 0.325 e. The summed E-state index contributed by atoms with van der Waals surface area (Å²) in [5, 5.41) is 8.03. The summed E-state index contributed by atoms with van der Waals surface area (Å²) in [5.41, 5.74) is 4.87. The van der Waals surface area contributed by atoms with E-state index >= 15 is 0 Å². The molecule has 1 aromatic heterocycles. The Bertz CT molecular complexity index is 905. The number of benzene rings is 2. The number of hydrogen-bond donors (Lipinski definition) is 2. The van der Waals surface area contributed by atoms with Crippen LogP contribution in [0.3, 0.4) is 0 Å². The predicted molar refractivity (Wildman–Crippen MR) is 103 cm³/mol.